The number of thiophene rings is 1. The second-order valence-corrected chi connectivity index (χ2v) is 8.18. The molecule has 0 aliphatic rings. The minimum atomic E-state index is -0.488. The number of hydrogen-bond acceptors (Lipinski definition) is 9. The van der Waals surface area contributed by atoms with Gasteiger partial charge in [0.15, 0.2) is 5.78 Å². The number of aromatic hydroxyl groups is 1. The van der Waals surface area contributed by atoms with Crippen molar-refractivity contribution in [2.75, 3.05) is 0 Å². The maximum Gasteiger partial charge on any atom is 0.324 e. The number of hydrogen-bond donors (Lipinski definition) is 1. The van der Waals surface area contributed by atoms with Crippen LogP contribution < -0.4 is 0 Å². The van der Waals surface area contributed by atoms with Crippen molar-refractivity contribution in [1.82, 2.24) is 10.2 Å². The third-order valence-corrected chi connectivity index (χ3v) is 6.17. The molecule has 0 spiro atoms. The summed E-state index contributed by atoms with van der Waals surface area (Å²) in [5, 5.41) is 29.1. The number of phenolic OH excluding ortho intramolecular Hbond substituents is 1. The predicted molar refractivity (Wildman–Crippen MR) is 117 cm³/mol. The van der Waals surface area contributed by atoms with E-state index in [0.29, 0.717) is 20.9 Å². The fourth-order valence-corrected chi connectivity index (χ4v) is 4.33. The van der Waals surface area contributed by atoms with Crippen molar-refractivity contribution < 1.29 is 19.2 Å². The van der Waals surface area contributed by atoms with Gasteiger partial charge in [-0.3, -0.25) is 14.9 Å². The first-order valence-electron chi connectivity index (χ1n) is 8.86. The molecule has 0 unspecified atom stereocenters. The fraction of sp³-hybridized carbons (Fsp3) is 0. The Labute approximate surface area is 184 Å². The van der Waals surface area contributed by atoms with Gasteiger partial charge in [0.2, 0.25) is 0 Å². The first-order valence-corrected chi connectivity index (χ1v) is 10.5. The second kappa shape index (κ2) is 8.94. The molecule has 2 heterocycles. The molecule has 2 aromatic carbocycles. The zero-order valence-electron chi connectivity index (χ0n) is 15.7. The molecule has 31 heavy (non-hydrogen) atoms. The molecule has 0 bridgehead atoms. The molecule has 154 valence electrons. The highest BCUT2D eigenvalue weighted by molar-refractivity contribution is 8.08. The summed E-state index contributed by atoms with van der Waals surface area (Å²) in [7, 11) is 0. The van der Waals surface area contributed by atoms with Crippen molar-refractivity contribution in [3.63, 3.8) is 0 Å². The van der Waals surface area contributed by atoms with Crippen molar-refractivity contribution >= 4 is 38.8 Å². The molecule has 8 nitrogen and oxygen atoms in total. The topological polar surface area (TPSA) is 119 Å². The summed E-state index contributed by atoms with van der Waals surface area (Å²) in [6.07, 6.45) is 1.39. The number of nitrogens with zero attached hydrogens (tertiary/aromatic N) is 3. The smallest absolute Gasteiger partial charge is 0.324 e. The average Bonchev–Trinajstić information content (AvgIpc) is 3.44. The molecule has 0 fully saturated rings. The molecule has 2 aromatic heterocycles. The normalized spacial score (nSPS) is 11.4. The maximum absolute atomic E-state index is 12.7. The summed E-state index contributed by atoms with van der Waals surface area (Å²) in [6, 6.07) is 18.1. The fourth-order valence-electron chi connectivity index (χ4n) is 2.62. The summed E-state index contributed by atoms with van der Waals surface area (Å²) >= 11 is 1.96. The highest BCUT2D eigenvalue weighted by atomic mass is 32.2. The number of thioether (sulfide) groups is 1. The van der Waals surface area contributed by atoms with Crippen molar-refractivity contribution in [2.24, 2.45) is 0 Å². The third kappa shape index (κ3) is 4.71. The van der Waals surface area contributed by atoms with Gasteiger partial charge in [-0.1, -0.05) is 53.8 Å². The van der Waals surface area contributed by atoms with E-state index in [2.05, 4.69) is 10.2 Å². The van der Waals surface area contributed by atoms with Crippen LogP contribution >= 0.6 is 23.1 Å². The second-order valence-electron chi connectivity index (χ2n) is 6.13. The highest BCUT2D eigenvalue weighted by Gasteiger charge is 2.19. The molecular weight excluding hydrogens is 438 g/mol. The van der Waals surface area contributed by atoms with Crippen LogP contribution in [0.1, 0.15) is 15.2 Å². The Balaban J connectivity index is 1.68. The molecule has 0 aliphatic heterocycles. The van der Waals surface area contributed by atoms with Crippen LogP contribution in [0.2, 0.25) is 0 Å². The van der Waals surface area contributed by atoms with Gasteiger partial charge in [-0.15, -0.1) is 10.2 Å². The molecule has 0 aliphatic carbocycles. The largest absolute Gasteiger partial charge is 0.507 e. The van der Waals surface area contributed by atoms with Crippen LogP contribution in [0.15, 0.2) is 82.4 Å². The van der Waals surface area contributed by atoms with Crippen LogP contribution in [0, 0.1) is 10.1 Å². The Bertz CT molecular complexity index is 1280. The minimum absolute atomic E-state index is 0.00778. The zero-order valence-corrected chi connectivity index (χ0v) is 17.3. The van der Waals surface area contributed by atoms with E-state index in [1.807, 2.05) is 0 Å². The van der Waals surface area contributed by atoms with Gasteiger partial charge in [-0.05, 0) is 30.0 Å². The number of allylic oxidation sites excluding steroid dienone is 1. The molecule has 10 heteroatoms. The van der Waals surface area contributed by atoms with Crippen LogP contribution in [0.25, 0.3) is 16.4 Å². The Kier molecular flexibility index (Phi) is 5.92. The first-order chi connectivity index (χ1) is 15.0. The quantitative estimate of drug-likeness (QED) is 0.130. The summed E-state index contributed by atoms with van der Waals surface area (Å²) in [5.74, 6) is -0.155. The van der Waals surface area contributed by atoms with Crippen molar-refractivity contribution in [3.05, 3.63) is 93.4 Å². The van der Waals surface area contributed by atoms with E-state index in [9.17, 15) is 20.0 Å². The maximum atomic E-state index is 12.7. The van der Waals surface area contributed by atoms with E-state index in [1.54, 1.807) is 54.6 Å². The summed E-state index contributed by atoms with van der Waals surface area (Å²) in [5.41, 5.74) is 0.853. The van der Waals surface area contributed by atoms with Gasteiger partial charge in [-0.25, -0.2) is 0 Å². The number of phenols is 1. The van der Waals surface area contributed by atoms with E-state index in [1.165, 1.54) is 18.2 Å². The van der Waals surface area contributed by atoms with Crippen molar-refractivity contribution in [2.45, 2.75) is 5.22 Å². The summed E-state index contributed by atoms with van der Waals surface area (Å²) in [4.78, 5) is 24.3. The number of carbonyl (C=O) groups is 1. The van der Waals surface area contributed by atoms with E-state index < -0.39 is 4.92 Å². The van der Waals surface area contributed by atoms with Crippen molar-refractivity contribution in [1.29, 1.82) is 0 Å². The summed E-state index contributed by atoms with van der Waals surface area (Å²) in [6.45, 7) is 0. The van der Waals surface area contributed by atoms with Crippen LogP contribution in [-0.2, 0) is 0 Å². The van der Waals surface area contributed by atoms with E-state index in [0.717, 1.165) is 23.1 Å². The molecule has 4 rings (SSSR count). The molecule has 0 amide bonds. The average molecular weight is 451 g/mol. The third-order valence-electron chi connectivity index (χ3n) is 4.07. The van der Waals surface area contributed by atoms with E-state index in [4.69, 9.17) is 4.42 Å². The molecule has 0 radical (unpaired) electrons. The standard InChI is InChI=1S/C21H13N3O5S2/c25-15-9-5-4-8-14(15)20-22-23-21(29-20)31-18(17-10-11-19(30-17)24(27)28)12-16(26)13-6-2-1-3-7-13/h1-12,25H. The van der Waals surface area contributed by atoms with Crippen LogP contribution in [0.5, 0.6) is 5.75 Å². The van der Waals surface area contributed by atoms with Crippen LogP contribution in [-0.4, -0.2) is 26.0 Å². The SMILES string of the molecule is O=C(C=C(Sc1nnc(-c2ccccc2O)o1)c1ccc([N+](=O)[O-])s1)c1ccccc1. The zero-order chi connectivity index (χ0) is 21.8. The monoisotopic (exact) mass is 451 g/mol. The number of rotatable bonds is 7. The lowest BCUT2D eigenvalue weighted by Gasteiger charge is -2.02. The highest BCUT2D eigenvalue weighted by Crippen LogP contribution is 2.40. The summed E-state index contributed by atoms with van der Waals surface area (Å²) < 4.78 is 5.64. The Hall–Kier alpha value is -3.76. The van der Waals surface area contributed by atoms with Crippen LogP contribution in [0.4, 0.5) is 5.00 Å². The number of nitro groups is 1. The number of benzene rings is 2. The van der Waals surface area contributed by atoms with Gasteiger partial charge in [0.05, 0.1) is 10.5 Å². The van der Waals surface area contributed by atoms with E-state index >= 15 is 0 Å². The van der Waals surface area contributed by atoms with Gasteiger partial charge in [0, 0.05) is 27.5 Å². The van der Waals surface area contributed by atoms with Crippen molar-refractivity contribution in [3.8, 4) is 17.2 Å². The number of ketones is 1. The van der Waals surface area contributed by atoms with Gasteiger partial charge < -0.3 is 9.52 Å². The Morgan fingerprint density at radius 3 is 2.52 bits per heavy atom. The Morgan fingerprint density at radius 1 is 1.06 bits per heavy atom. The van der Waals surface area contributed by atoms with Crippen LogP contribution in [0.3, 0.4) is 0 Å². The first kappa shape index (κ1) is 20.5. The molecule has 1 N–H and O–H groups in total. The molecule has 0 saturated carbocycles. The number of para-hydroxylation sites is 1. The van der Waals surface area contributed by atoms with Gasteiger partial charge in [-0.2, -0.15) is 0 Å². The molecule has 4 aromatic rings. The molecular formula is C21H13N3O5S2. The van der Waals surface area contributed by atoms with Gasteiger partial charge >= 0.3 is 5.00 Å². The lowest BCUT2D eigenvalue weighted by Crippen LogP contribution is -1.94. The molecule has 0 saturated heterocycles. The number of aromatic nitrogens is 2. The minimum Gasteiger partial charge on any atom is -0.507 e. The molecule has 0 atom stereocenters. The Morgan fingerprint density at radius 2 is 1.81 bits per heavy atom. The lowest BCUT2D eigenvalue weighted by molar-refractivity contribution is -0.380. The van der Waals surface area contributed by atoms with Gasteiger partial charge in [0.25, 0.3) is 11.1 Å². The van der Waals surface area contributed by atoms with Gasteiger partial charge in [0.1, 0.15) is 5.75 Å². The number of carbonyl (C=O) groups excluding carboxylic acids is 1. The van der Waals surface area contributed by atoms with E-state index in [-0.39, 0.29) is 27.6 Å². The predicted octanol–water partition coefficient (Wildman–Crippen LogP) is 5.43. The lowest BCUT2D eigenvalue weighted by atomic mass is 10.1.